The van der Waals surface area contributed by atoms with Gasteiger partial charge >= 0.3 is 5.97 Å². The molecule has 6 nitrogen and oxygen atoms in total. The number of anilines is 2. The quantitative estimate of drug-likeness (QED) is 0.393. The van der Waals surface area contributed by atoms with Crippen LogP contribution in [0.3, 0.4) is 0 Å². The number of ether oxygens (including phenoxy) is 1. The minimum absolute atomic E-state index is 0.138. The Labute approximate surface area is 187 Å². The minimum atomic E-state index is -0.969. The molecule has 0 spiro atoms. The van der Waals surface area contributed by atoms with Gasteiger partial charge < -0.3 is 20.5 Å². The molecule has 0 aliphatic heterocycles. The van der Waals surface area contributed by atoms with Crippen LogP contribution in [0.2, 0.25) is 5.02 Å². The fourth-order valence-electron chi connectivity index (χ4n) is 2.61. The number of carboxylic acids is 1. The number of hydrogen-bond donors (Lipinski definition) is 3. The summed E-state index contributed by atoms with van der Waals surface area (Å²) in [6.07, 6.45) is 0. The van der Waals surface area contributed by atoms with Gasteiger partial charge in [-0.05, 0) is 76.1 Å². The molecule has 8 heteroatoms. The van der Waals surface area contributed by atoms with E-state index in [1.807, 2.05) is 12.1 Å². The van der Waals surface area contributed by atoms with Crippen molar-refractivity contribution < 1.29 is 19.4 Å². The van der Waals surface area contributed by atoms with E-state index in [0.717, 1.165) is 5.56 Å². The molecule has 154 valence electrons. The standard InChI is InChI=1S/C22H18BrClN2O4/c23-19-10-14(12-25-18-3-1-2-15(11-18)22(28)29)4-9-20(19)30-13-21(27)26-17-7-5-16(24)6-8-17/h1-11,25H,12-13H2,(H,26,27)(H,28,29). The van der Waals surface area contributed by atoms with Gasteiger partial charge in [0.25, 0.3) is 5.91 Å². The largest absolute Gasteiger partial charge is 0.483 e. The molecule has 0 radical (unpaired) electrons. The molecule has 0 saturated heterocycles. The highest BCUT2D eigenvalue weighted by Crippen LogP contribution is 2.26. The first-order valence-electron chi connectivity index (χ1n) is 8.94. The highest BCUT2D eigenvalue weighted by Gasteiger charge is 2.08. The zero-order valence-corrected chi connectivity index (χ0v) is 18.0. The second kappa shape index (κ2) is 10.1. The van der Waals surface area contributed by atoms with Crippen molar-refractivity contribution in [1.82, 2.24) is 0 Å². The molecule has 3 rings (SSSR count). The first-order valence-corrected chi connectivity index (χ1v) is 10.1. The summed E-state index contributed by atoms with van der Waals surface area (Å²) >= 11 is 9.28. The van der Waals surface area contributed by atoms with E-state index in [4.69, 9.17) is 21.4 Å². The maximum absolute atomic E-state index is 12.0. The van der Waals surface area contributed by atoms with Crippen LogP contribution in [-0.2, 0) is 11.3 Å². The van der Waals surface area contributed by atoms with Crippen molar-refractivity contribution in [3.05, 3.63) is 87.4 Å². The lowest BCUT2D eigenvalue weighted by atomic mass is 10.2. The van der Waals surface area contributed by atoms with Crippen LogP contribution in [-0.4, -0.2) is 23.6 Å². The van der Waals surface area contributed by atoms with Gasteiger partial charge in [0.2, 0.25) is 0 Å². The summed E-state index contributed by atoms with van der Waals surface area (Å²) in [5, 5.41) is 15.6. The summed E-state index contributed by atoms with van der Waals surface area (Å²) in [4.78, 5) is 23.1. The first kappa shape index (κ1) is 21.7. The van der Waals surface area contributed by atoms with Gasteiger partial charge in [-0.2, -0.15) is 0 Å². The van der Waals surface area contributed by atoms with Gasteiger partial charge in [-0.15, -0.1) is 0 Å². The van der Waals surface area contributed by atoms with Crippen molar-refractivity contribution in [2.75, 3.05) is 17.2 Å². The molecule has 0 aliphatic carbocycles. The highest BCUT2D eigenvalue weighted by molar-refractivity contribution is 9.10. The van der Waals surface area contributed by atoms with E-state index in [9.17, 15) is 9.59 Å². The molecule has 0 atom stereocenters. The van der Waals surface area contributed by atoms with Crippen LogP contribution in [0, 0.1) is 0 Å². The predicted molar refractivity (Wildman–Crippen MR) is 120 cm³/mol. The maximum Gasteiger partial charge on any atom is 0.335 e. The van der Waals surface area contributed by atoms with Crippen LogP contribution >= 0.6 is 27.5 Å². The van der Waals surface area contributed by atoms with Crippen molar-refractivity contribution in [2.45, 2.75) is 6.54 Å². The number of halogens is 2. The molecule has 0 aromatic heterocycles. The van der Waals surface area contributed by atoms with E-state index in [1.165, 1.54) is 0 Å². The SMILES string of the molecule is O=C(COc1ccc(CNc2cccc(C(=O)O)c2)cc1Br)Nc1ccc(Cl)cc1. The second-order valence-electron chi connectivity index (χ2n) is 6.35. The maximum atomic E-state index is 12.0. The third-order valence-electron chi connectivity index (χ3n) is 4.09. The molecule has 3 N–H and O–H groups in total. The van der Waals surface area contributed by atoms with Crippen molar-refractivity contribution in [3.63, 3.8) is 0 Å². The zero-order valence-electron chi connectivity index (χ0n) is 15.7. The Kier molecular flexibility index (Phi) is 7.32. The number of nitrogens with one attached hydrogen (secondary N) is 2. The third kappa shape index (κ3) is 6.23. The minimum Gasteiger partial charge on any atom is -0.483 e. The summed E-state index contributed by atoms with van der Waals surface area (Å²) in [5.74, 6) is -0.714. The molecule has 1 amide bonds. The van der Waals surface area contributed by atoms with E-state index >= 15 is 0 Å². The number of benzene rings is 3. The highest BCUT2D eigenvalue weighted by atomic mass is 79.9. The van der Waals surface area contributed by atoms with Gasteiger partial charge in [-0.1, -0.05) is 23.7 Å². The molecule has 3 aromatic rings. The number of carbonyl (C=O) groups is 2. The fraction of sp³-hybridized carbons (Fsp3) is 0.0909. The molecule has 30 heavy (non-hydrogen) atoms. The normalized spacial score (nSPS) is 10.3. The van der Waals surface area contributed by atoms with Crippen molar-refractivity contribution in [3.8, 4) is 5.75 Å². The lowest BCUT2D eigenvalue weighted by Gasteiger charge is -2.11. The number of carboxylic acid groups (broad SMARTS) is 1. The average molecular weight is 490 g/mol. The van der Waals surface area contributed by atoms with Crippen molar-refractivity contribution in [2.24, 2.45) is 0 Å². The number of hydrogen-bond acceptors (Lipinski definition) is 4. The van der Waals surface area contributed by atoms with Gasteiger partial charge in [0, 0.05) is 22.9 Å². The van der Waals surface area contributed by atoms with Crippen LogP contribution in [0.4, 0.5) is 11.4 Å². The van der Waals surface area contributed by atoms with Crippen molar-refractivity contribution in [1.29, 1.82) is 0 Å². The number of rotatable bonds is 8. The Hall–Kier alpha value is -3.03. The lowest BCUT2D eigenvalue weighted by Crippen LogP contribution is -2.20. The molecule has 0 heterocycles. The first-order chi connectivity index (χ1) is 14.4. The van der Waals surface area contributed by atoms with Gasteiger partial charge in [-0.3, -0.25) is 4.79 Å². The van der Waals surface area contributed by atoms with Gasteiger partial charge in [-0.25, -0.2) is 4.79 Å². The lowest BCUT2D eigenvalue weighted by molar-refractivity contribution is -0.118. The monoisotopic (exact) mass is 488 g/mol. The smallest absolute Gasteiger partial charge is 0.335 e. The Bertz CT molecular complexity index is 1060. The summed E-state index contributed by atoms with van der Waals surface area (Å²) in [6.45, 7) is 0.361. The Morgan fingerprint density at radius 3 is 2.47 bits per heavy atom. The zero-order chi connectivity index (χ0) is 21.5. The Morgan fingerprint density at radius 1 is 1.00 bits per heavy atom. The van der Waals surface area contributed by atoms with Crippen LogP contribution < -0.4 is 15.4 Å². The van der Waals surface area contributed by atoms with Crippen LogP contribution in [0.5, 0.6) is 5.75 Å². The van der Waals surface area contributed by atoms with Gasteiger partial charge in [0.15, 0.2) is 6.61 Å². The molecule has 3 aromatic carbocycles. The molecule has 0 unspecified atom stereocenters. The molecule has 0 aliphatic rings. The van der Waals surface area contributed by atoms with E-state index in [1.54, 1.807) is 54.6 Å². The number of aromatic carboxylic acids is 1. The van der Waals surface area contributed by atoms with Gasteiger partial charge in [0.05, 0.1) is 10.0 Å². The number of amides is 1. The summed E-state index contributed by atoms with van der Waals surface area (Å²) in [6, 6.07) is 18.9. The fourth-order valence-corrected chi connectivity index (χ4v) is 3.28. The summed E-state index contributed by atoms with van der Waals surface area (Å²) in [7, 11) is 0. The Balaban J connectivity index is 1.53. The number of carbonyl (C=O) groups excluding carboxylic acids is 1. The average Bonchev–Trinajstić information content (AvgIpc) is 2.73. The summed E-state index contributed by atoms with van der Waals surface area (Å²) < 4.78 is 6.29. The van der Waals surface area contributed by atoms with Crippen LogP contribution in [0.25, 0.3) is 0 Å². The molecule has 0 fully saturated rings. The topological polar surface area (TPSA) is 87.7 Å². The van der Waals surface area contributed by atoms with Crippen LogP contribution in [0.1, 0.15) is 15.9 Å². The van der Waals surface area contributed by atoms with E-state index in [2.05, 4.69) is 26.6 Å². The van der Waals surface area contributed by atoms with Crippen molar-refractivity contribution >= 4 is 50.8 Å². The predicted octanol–water partition coefficient (Wildman–Crippen LogP) is 5.43. The molecular formula is C22H18BrClN2O4. The van der Waals surface area contributed by atoms with E-state index in [-0.39, 0.29) is 18.1 Å². The van der Waals surface area contributed by atoms with Gasteiger partial charge in [0.1, 0.15) is 5.75 Å². The molecular weight excluding hydrogens is 472 g/mol. The third-order valence-corrected chi connectivity index (χ3v) is 4.96. The van der Waals surface area contributed by atoms with Crippen LogP contribution in [0.15, 0.2) is 71.2 Å². The Morgan fingerprint density at radius 2 is 1.77 bits per heavy atom. The van der Waals surface area contributed by atoms with E-state index < -0.39 is 5.97 Å². The summed E-state index contributed by atoms with van der Waals surface area (Å²) in [5.41, 5.74) is 2.54. The molecule has 0 saturated carbocycles. The van der Waals surface area contributed by atoms with E-state index in [0.29, 0.717) is 33.2 Å². The molecule has 0 bridgehead atoms. The second-order valence-corrected chi connectivity index (χ2v) is 7.64.